The van der Waals surface area contributed by atoms with Gasteiger partial charge in [-0.05, 0) is 30.7 Å². The lowest BCUT2D eigenvalue weighted by Crippen LogP contribution is -2.19. The lowest BCUT2D eigenvalue weighted by molar-refractivity contribution is -0.385. The molecule has 21 heavy (non-hydrogen) atoms. The molecule has 0 aromatic heterocycles. The van der Waals surface area contributed by atoms with Gasteiger partial charge in [-0.2, -0.15) is 0 Å². The molecule has 0 aliphatic heterocycles. The number of nitrogens with one attached hydrogen (secondary N) is 1. The van der Waals surface area contributed by atoms with Gasteiger partial charge in [0.15, 0.2) is 0 Å². The molecule has 0 spiro atoms. The topological polar surface area (TPSA) is 55.2 Å². The minimum absolute atomic E-state index is 0.0869. The highest BCUT2D eigenvalue weighted by atomic mass is 79.9. The van der Waals surface area contributed by atoms with E-state index in [1.165, 1.54) is 6.07 Å². The smallest absolute Gasteiger partial charge is 0.275 e. The summed E-state index contributed by atoms with van der Waals surface area (Å²) in [4.78, 5) is 10.7. The van der Waals surface area contributed by atoms with E-state index in [1.54, 1.807) is 6.07 Å². The number of rotatable bonds is 5. The third kappa shape index (κ3) is 4.12. The fourth-order valence-electron chi connectivity index (χ4n) is 2.06. The van der Waals surface area contributed by atoms with Crippen LogP contribution >= 0.6 is 31.9 Å². The van der Waals surface area contributed by atoms with E-state index in [4.69, 9.17) is 0 Å². The molecule has 110 valence electrons. The van der Waals surface area contributed by atoms with E-state index < -0.39 is 0 Å². The Morgan fingerprint density at radius 3 is 2.62 bits per heavy atom. The van der Waals surface area contributed by atoms with Gasteiger partial charge < -0.3 is 5.32 Å². The van der Waals surface area contributed by atoms with Crippen LogP contribution in [-0.2, 0) is 6.54 Å². The molecule has 4 nitrogen and oxygen atoms in total. The van der Waals surface area contributed by atoms with Crippen LogP contribution in [0.5, 0.6) is 0 Å². The summed E-state index contributed by atoms with van der Waals surface area (Å²) >= 11 is 6.78. The molecule has 0 aliphatic carbocycles. The van der Waals surface area contributed by atoms with Crippen LogP contribution in [0.15, 0.2) is 51.4 Å². The predicted molar refractivity (Wildman–Crippen MR) is 90.2 cm³/mol. The summed E-state index contributed by atoms with van der Waals surface area (Å²) in [6, 6.07) is 13.1. The van der Waals surface area contributed by atoms with Crippen LogP contribution in [0.25, 0.3) is 0 Å². The summed E-state index contributed by atoms with van der Waals surface area (Å²) in [5.41, 5.74) is 1.91. The lowest BCUT2D eigenvalue weighted by Gasteiger charge is -2.16. The first-order chi connectivity index (χ1) is 9.99. The van der Waals surface area contributed by atoms with Crippen molar-refractivity contribution in [3.8, 4) is 0 Å². The Labute approximate surface area is 140 Å². The number of nitrogens with zero attached hydrogens (tertiary/aromatic N) is 1. The minimum atomic E-state index is -0.356. The second kappa shape index (κ2) is 7.15. The molecule has 0 saturated heterocycles. The van der Waals surface area contributed by atoms with E-state index in [2.05, 4.69) is 37.2 Å². The third-order valence-electron chi connectivity index (χ3n) is 3.21. The van der Waals surface area contributed by atoms with E-state index in [0.717, 1.165) is 10.0 Å². The van der Waals surface area contributed by atoms with Crippen LogP contribution in [0.1, 0.15) is 24.1 Å². The molecule has 0 fully saturated rings. The Morgan fingerprint density at radius 2 is 1.95 bits per heavy atom. The van der Waals surface area contributed by atoms with Crippen molar-refractivity contribution in [2.45, 2.75) is 19.5 Å². The highest BCUT2D eigenvalue weighted by Crippen LogP contribution is 2.26. The number of nitro groups is 1. The Morgan fingerprint density at radius 1 is 1.24 bits per heavy atom. The number of hydrogen-bond acceptors (Lipinski definition) is 3. The van der Waals surface area contributed by atoms with E-state index in [9.17, 15) is 10.1 Å². The van der Waals surface area contributed by atoms with Crippen molar-refractivity contribution in [3.63, 3.8) is 0 Å². The van der Waals surface area contributed by atoms with Gasteiger partial charge in [-0.25, -0.2) is 0 Å². The van der Waals surface area contributed by atoms with E-state index in [0.29, 0.717) is 16.6 Å². The molecule has 0 bridgehead atoms. The van der Waals surface area contributed by atoms with Crippen LogP contribution in [0.3, 0.4) is 0 Å². The quantitative estimate of drug-likeness (QED) is 0.556. The van der Waals surface area contributed by atoms with Crippen LogP contribution < -0.4 is 5.32 Å². The highest BCUT2D eigenvalue weighted by Gasteiger charge is 2.15. The SMILES string of the molecule is C[C@H](NCc1ccc(Br)cc1[N+](=O)[O-])c1ccccc1Br. The summed E-state index contributed by atoms with van der Waals surface area (Å²) in [5.74, 6) is 0. The summed E-state index contributed by atoms with van der Waals surface area (Å²) in [5, 5.41) is 14.4. The zero-order chi connectivity index (χ0) is 15.4. The molecule has 1 atom stereocenters. The van der Waals surface area contributed by atoms with Crippen molar-refractivity contribution in [2.24, 2.45) is 0 Å². The number of benzene rings is 2. The summed E-state index contributed by atoms with van der Waals surface area (Å²) in [6.45, 7) is 2.47. The number of nitro benzene ring substituents is 1. The average Bonchev–Trinajstić information content (AvgIpc) is 2.46. The zero-order valence-corrected chi connectivity index (χ0v) is 14.5. The maximum atomic E-state index is 11.1. The van der Waals surface area contributed by atoms with Gasteiger partial charge in [-0.3, -0.25) is 10.1 Å². The highest BCUT2D eigenvalue weighted by molar-refractivity contribution is 9.10. The molecule has 2 aromatic carbocycles. The molecule has 6 heteroatoms. The molecule has 1 N–H and O–H groups in total. The summed E-state index contributed by atoms with van der Waals surface area (Å²) < 4.78 is 1.73. The van der Waals surface area contributed by atoms with Crippen molar-refractivity contribution in [3.05, 3.63) is 72.7 Å². The second-order valence-corrected chi connectivity index (χ2v) is 6.42. The molecular formula is C15H14Br2N2O2. The summed E-state index contributed by atoms with van der Waals surface area (Å²) in [7, 11) is 0. The summed E-state index contributed by atoms with van der Waals surface area (Å²) in [6.07, 6.45) is 0. The van der Waals surface area contributed by atoms with E-state index in [1.807, 2.05) is 37.3 Å². The first kappa shape index (κ1) is 16.1. The molecule has 0 unspecified atom stereocenters. The Kier molecular flexibility index (Phi) is 5.50. The molecule has 2 aromatic rings. The largest absolute Gasteiger partial charge is 0.306 e. The molecule has 0 amide bonds. The van der Waals surface area contributed by atoms with E-state index >= 15 is 0 Å². The molecule has 0 aliphatic rings. The van der Waals surface area contributed by atoms with Crippen LogP contribution in [0.2, 0.25) is 0 Å². The molecule has 2 rings (SSSR count). The van der Waals surface area contributed by atoms with Gasteiger partial charge in [0, 0.05) is 33.2 Å². The molecule has 0 radical (unpaired) electrons. The number of halogens is 2. The van der Waals surface area contributed by atoms with Crippen molar-refractivity contribution in [1.29, 1.82) is 0 Å². The molecule has 0 heterocycles. The normalized spacial score (nSPS) is 12.1. The Hall–Kier alpha value is -1.24. The Bertz CT molecular complexity index is 662. The lowest BCUT2D eigenvalue weighted by atomic mass is 10.1. The zero-order valence-electron chi connectivity index (χ0n) is 11.3. The van der Waals surface area contributed by atoms with Gasteiger partial charge in [0.25, 0.3) is 5.69 Å². The maximum Gasteiger partial charge on any atom is 0.275 e. The van der Waals surface area contributed by atoms with Gasteiger partial charge in [0.05, 0.1) is 4.92 Å². The minimum Gasteiger partial charge on any atom is -0.306 e. The number of hydrogen-bond donors (Lipinski definition) is 1. The monoisotopic (exact) mass is 412 g/mol. The third-order valence-corrected chi connectivity index (χ3v) is 4.43. The van der Waals surface area contributed by atoms with Crippen LogP contribution in [0.4, 0.5) is 5.69 Å². The van der Waals surface area contributed by atoms with Crippen molar-refractivity contribution in [1.82, 2.24) is 5.32 Å². The Balaban J connectivity index is 2.13. The van der Waals surface area contributed by atoms with Gasteiger partial charge in [0.2, 0.25) is 0 Å². The first-order valence-electron chi connectivity index (χ1n) is 6.39. The predicted octanol–water partition coefficient (Wildman–Crippen LogP) is 4.97. The van der Waals surface area contributed by atoms with Crippen molar-refractivity contribution < 1.29 is 4.92 Å². The van der Waals surface area contributed by atoms with Crippen molar-refractivity contribution in [2.75, 3.05) is 0 Å². The second-order valence-electron chi connectivity index (χ2n) is 4.65. The van der Waals surface area contributed by atoms with Gasteiger partial charge >= 0.3 is 0 Å². The van der Waals surface area contributed by atoms with Crippen molar-refractivity contribution >= 4 is 37.5 Å². The fraction of sp³-hybridized carbons (Fsp3) is 0.200. The molecule has 0 saturated carbocycles. The van der Waals surface area contributed by atoms with Crippen LogP contribution in [0, 0.1) is 10.1 Å². The van der Waals surface area contributed by atoms with Gasteiger partial charge in [0.1, 0.15) is 0 Å². The van der Waals surface area contributed by atoms with Gasteiger partial charge in [-0.1, -0.05) is 50.1 Å². The molecular weight excluding hydrogens is 400 g/mol. The first-order valence-corrected chi connectivity index (χ1v) is 7.98. The van der Waals surface area contributed by atoms with Gasteiger partial charge in [-0.15, -0.1) is 0 Å². The van der Waals surface area contributed by atoms with E-state index in [-0.39, 0.29) is 16.7 Å². The van der Waals surface area contributed by atoms with Crippen LogP contribution in [-0.4, -0.2) is 4.92 Å². The fourth-order valence-corrected chi connectivity index (χ4v) is 3.03. The average molecular weight is 414 g/mol. The standard InChI is InChI=1S/C15H14Br2N2O2/c1-10(13-4-2-3-5-14(13)17)18-9-11-6-7-12(16)8-15(11)19(20)21/h2-8,10,18H,9H2,1H3/t10-/m0/s1. The maximum absolute atomic E-state index is 11.1.